The molecule has 0 spiro atoms. The Morgan fingerprint density at radius 3 is 2.52 bits per heavy atom. The first-order valence-electron chi connectivity index (χ1n) is 8.76. The fraction of sp³-hybridized carbons (Fsp3) is 0.421. The van der Waals surface area contributed by atoms with E-state index in [1.54, 1.807) is 4.90 Å². The molecule has 2 aromatic rings. The zero-order chi connectivity index (χ0) is 19.6. The van der Waals surface area contributed by atoms with Crippen molar-refractivity contribution in [2.24, 2.45) is 0 Å². The predicted molar refractivity (Wildman–Crippen MR) is 95.7 cm³/mol. The van der Waals surface area contributed by atoms with Gasteiger partial charge in [0.1, 0.15) is 17.8 Å². The van der Waals surface area contributed by atoms with Gasteiger partial charge in [-0.15, -0.1) is 0 Å². The minimum Gasteiger partial charge on any atom is -0.356 e. The summed E-state index contributed by atoms with van der Waals surface area (Å²) >= 11 is 0. The number of anilines is 1. The Morgan fingerprint density at radius 1 is 1.15 bits per heavy atom. The van der Waals surface area contributed by atoms with Gasteiger partial charge in [0.25, 0.3) is 5.91 Å². The number of nitrogens with zero attached hydrogens (tertiary/aromatic N) is 3. The number of rotatable bonds is 3. The smallest absolute Gasteiger partial charge is 0.356 e. The minimum atomic E-state index is -4.49. The highest BCUT2D eigenvalue weighted by Gasteiger charge is 2.33. The Labute approximate surface area is 155 Å². The van der Waals surface area contributed by atoms with Gasteiger partial charge in [0.05, 0.1) is 0 Å². The number of benzene rings is 1. The first kappa shape index (κ1) is 19.1. The molecular formula is C19H21F3N4O. The second-order valence-electron chi connectivity index (χ2n) is 6.81. The van der Waals surface area contributed by atoms with E-state index in [-0.39, 0.29) is 17.8 Å². The largest absolute Gasteiger partial charge is 0.433 e. The Morgan fingerprint density at radius 2 is 1.85 bits per heavy atom. The SMILES string of the molecule is Cc1ccc(C)c(C(=O)NC2CCN(c3cc(C(F)(F)F)ncn3)CC2)c1. The number of halogens is 3. The van der Waals surface area contributed by atoms with Crippen molar-refractivity contribution in [1.29, 1.82) is 0 Å². The van der Waals surface area contributed by atoms with Crippen LogP contribution in [0.4, 0.5) is 19.0 Å². The Balaban J connectivity index is 1.61. The number of carbonyl (C=O) groups excluding carboxylic acids is 1. The lowest BCUT2D eigenvalue weighted by molar-refractivity contribution is -0.141. The number of aromatic nitrogens is 2. The van der Waals surface area contributed by atoms with Crippen molar-refractivity contribution in [1.82, 2.24) is 15.3 Å². The third-order valence-electron chi connectivity index (χ3n) is 4.73. The molecule has 0 aliphatic carbocycles. The molecule has 1 aromatic carbocycles. The van der Waals surface area contributed by atoms with E-state index in [1.165, 1.54) is 0 Å². The van der Waals surface area contributed by atoms with Gasteiger partial charge in [-0.1, -0.05) is 17.7 Å². The highest BCUT2D eigenvalue weighted by atomic mass is 19.4. The molecule has 1 N–H and O–H groups in total. The summed E-state index contributed by atoms with van der Waals surface area (Å²) in [6, 6.07) is 6.69. The normalized spacial score (nSPS) is 15.7. The molecule has 8 heteroatoms. The van der Waals surface area contributed by atoms with Gasteiger partial charge in [-0.05, 0) is 38.3 Å². The van der Waals surface area contributed by atoms with Crippen LogP contribution < -0.4 is 10.2 Å². The van der Waals surface area contributed by atoms with Gasteiger partial charge >= 0.3 is 6.18 Å². The lowest BCUT2D eigenvalue weighted by atomic mass is 10.0. The molecule has 27 heavy (non-hydrogen) atoms. The lowest BCUT2D eigenvalue weighted by Crippen LogP contribution is -2.45. The molecule has 5 nitrogen and oxygen atoms in total. The second-order valence-corrected chi connectivity index (χ2v) is 6.81. The maximum atomic E-state index is 12.8. The number of hydrogen-bond acceptors (Lipinski definition) is 4. The van der Waals surface area contributed by atoms with Crippen molar-refractivity contribution in [3.8, 4) is 0 Å². The van der Waals surface area contributed by atoms with Crippen molar-refractivity contribution in [3.63, 3.8) is 0 Å². The van der Waals surface area contributed by atoms with Crippen molar-refractivity contribution >= 4 is 11.7 Å². The molecule has 1 fully saturated rings. The van der Waals surface area contributed by atoms with E-state index in [2.05, 4.69) is 15.3 Å². The number of carbonyl (C=O) groups is 1. The van der Waals surface area contributed by atoms with Gasteiger partial charge in [-0.2, -0.15) is 13.2 Å². The molecule has 0 atom stereocenters. The zero-order valence-electron chi connectivity index (χ0n) is 15.2. The molecule has 3 rings (SSSR count). The van der Waals surface area contributed by atoms with Crippen molar-refractivity contribution < 1.29 is 18.0 Å². The quantitative estimate of drug-likeness (QED) is 0.888. The van der Waals surface area contributed by atoms with Crippen LogP contribution in [-0.4, -0.2) is 35.0 Å². The van der Waals surface area contributed by atoms with Gasteiger partial charge < -0.3 is 10.2 Å². The average molecular weight is 378 g/mol. The maximum absolute atomic E-state index is 12.8. The molecule has 1 aromatic heterocycles. The van der Waals surface area contributed by atoms with Gasteiger partial charge in [0, 0.05) is 30.8 Å². The Bertz CT molecular complexity index is 830. The van der Waals surface area contributed by atoms with E-state index in [1.807, 2.05) is 32.0 Å². The summed E-state index contributed by atoms with van der Waals surface area (Å²) in [6.07, 6.45) is -2.27. The fourth-order valence-electron chi connectivity index (χ4n) is 3.17. The molecule has 1 aliphatic rings. The summed E-state index contributed by atoms with van der Waals surface area (Å²) in [5.74, 6) is 0.146. The molecule has 0 bridgehead atoms. The van der Waals surface area contributed by atoms with Crippen LogP contribution in [0.2, 0.25) is 0 Å². The monoisotopic (exact) mass is 378 g/mol. The average Bonchev–Trinajstić information content (AvgIpc) is 2.63. The number of alkyl halides is 3. The molecule has 0 radical (unpaired) electrons. The highest BCUT2D eigenvalue weighted by molar-refractivity contribution is 5.96. The first-order chi connectivity index (χ1) is 12.7. The predicted octanol–water partition coefficient (Wildman–Crippen LogP) is 3.51. The van der Waals surface area contributed by atoms with Crippen molar-refractivity contribution in [2.75, 3.05) is 18.0 Å². The fourth-order valence-corrected chi connectivity index (χ4v) is 3.17. The summed E-state index contributed by atoms with van der Waals surface area (Å²) < 4.78 is 38.4. The summed E-state index contributed by atoms with van der Waals surface area (Å²) in [7, 11) is 0. The van der Waals surface area contributed by atoms with Crippen LogP contribution in [-0.2, 0) is 6.18 Å². The third-order valence-corrected chi connectivity index (χ3v) is 4.73. The summed E-state index contributed by atoms with van der Waals surface area (Å²) in [4.78, 5) is 21.6. The highest BCUT2D eigenvalue weighted by Crippen LogP contribution is 2.29. The van der Waals surface area contributed by atoms with E-state index >= 15 is 0 Å². The van der Waals surface area contributed by atoms with Crippen LogP contribution >= 0.6 is 0 Å². The number of hydrogen-bond donors (Lipinski definition) is 1. The molecule has 0 saturated carbocycles. The van der Waals surface area contributed by atoms with E-state index in [0.29, 0.717) is 31.5 Å². The molecule has 0 unspecified atom stereocenters. The summed E-state index contributed by atoms with van der Waals surface area (Å²) in [5.41, 5.74) is 1.64. The van der Waals surface area contributed by atoms with Crippen molar-refractivity contribution in [3.05, 3.63) is 53.0 Å². The topological polar surface area (TPSA) is 58.1 Å². The van der Waals surface area contributed by atoms with E-state index < -0.39 is 11.9 Å². The Hall–Kier alpha value is -2.64. The van der Waals surface area contributed by atoms with E-state index in [9.17, 15) is 18.0 Å². The minimum absolute atomic E-state index is 0.0161. The zero-order valence-corrected chi connectivity index (χ0v) is 15.2. The van der Waals surface area contributed by atoms with Gasteiger partial charge in [-0.3, -0.25) is 4.79 Å². The lowest BCUT2D eigenvalue weighted by Gasteiger charge is -2.33. The van der Waals surface area contributed by atoms with Crippen LogP contribution in [0.3, 0.4) is 0 Å². The van der Waals surface area contributed by atoms with E-state index in [4.69, 9.17) is 0 Å². The van der Waals surface area contributed by atoms with Crippen LogP contribution in [0, 0.1) is 13.8 Å². The van der Waals surface area contributed by atoms with Gasteiger partial charge in [0.2, 0.25) is 0 Å². The molecule has 1 aliphatic heterocycles. The van der Waals surface area contributed by atoms with Crippen LogP contribution in [0.15, 0.2) is 30.6 Å². The second kappa shape index (κ2) is 7.54. The maximum Gasteiger partial charge on any atom is 0.433 e. The van der Waals surface area contributed by atoms with Crippen LogP contribution in [0.1, 0.15) is 40.0 Å². The number of piperidine rings is 1. The first-order valence-corrected chi connectivity index (χ1v) is 8.76. The summed E-state index contributed by atoms with van der Waals surface area (Å²) in [5, 5.41) is 3.03. The van der Waals surface area contributed by atoms with Gasteiger partial charge in [0.15, 0.2) is 0 Å². The third kappa shape index (κ3) is 4.56. The standard InChI is InChI=1S/C19H21F3N4O/c1-12-3-4-13(2)15(9-12)18(27)25-14-5-7-26(8-6-14)17-10-16(19(20,21)22)23-11-24-17/h3-4,9-11,14H,5-8H2,1-2H3,(H,25,27). The molecule has 1 saturated heterocycles. The van der Waals surface area contributed by atoms with Gasteiger partial charge in [-0.25, -0.2) is 9.97 Å². The van der Waals surface area contributed by atoms with Crippen LogP contribution in [0.25, 0.3) is 0 Å². The molecule has 1 amide bonds. The van der Waals surface area contributed by atoms with E-state index in [0.717, 1.165) is 23.5 Å². The molecule has 2 heterocycles. The van der Waals surface area contributed by atoms with Crippen molar-refractivity contribution in [2.45, 2.75) is 38.9 Å². The molecule has 144 valence electrons. The molecular weight excluding hydrogens is 357 g/mol. The summed E-state index contributed by atoms with van der Waals surface area (Å²) in [6.45, 7) is 4.87. The Kier molecular flexibility index (Phi) is 5.34. The van der Waals surface area contributed by atoms with Crippen LogP contribution in [0.5, 0.6) is 0 Å². The number of aryl methyl sites for hydroxylation is 2. The number of amides is 1. The number of nitrogens with one attached hydrogen (secondary N) is 1.